The number of hydrogen-bond acceptors (Lipinski definition) is 3. The Morgan fingerprint density at radius 3 is 2.78 bits per heavy atom. The minimum atomic E-state index is 0.0803. The number of benzene rings is 1. The molecule has 2 rings (SSSR count). The fourth-order valence-electron chi connectivity index (χ4n) is 2.28. The van der Waals surface area contributed by atoms with Crippen LogP contribution in [0, 0.1) is 11.3 Å². The summed E-state index contributed by atoms with van der Waals surface area (Å²) in [5.74, 6) is 0.774. The van der Waals surface area contributed by atoms with Crippen molar-refractivity contribution in [3.63, 3.8) is 0 Å². The number of halogens is 1. The van der Waals surface area contributed by atoms with E-state index in [4.69, 9.17) is 15.7 Å². The topological polar surface area (TPSA) is 59.0 Å². The molecule has 1 aliphatic rings. The first-order chi connectivity index (χ1) is 8.70. The van der Waals surface area contributed by atoms with Crippen LogP contribution < -0.4 is 10.5 Å². The van der Waals surface area contributed by atoms with Crippen LogP contribution in [0.1, 0.15) is 37.7 Å². The monoisotopic (exact) mass is 308 g/mol. The van der Waals surface area contributed by atoms with Gasteiger partial charge in [0.15, 0.2) is 0 Å². The van der Waals surface area contributed by atoms with Crippen LogP contribution in [0.15, 0.2) is 22.7 Å². The first kappa shape index (κ1) is 13.4. The van der Waals surface area contributed by atoms with Gasteiger partial charge in [0.2, 0.25) is 0 Å². The SMILES string of the molecule is N#Cc1ccc(OC2CCCCCC2N)c(Br)c1. The summed E-state index contributed by atoms with van der Waals surface area (Å²) in [6, 6.07) is 7.59. The van der Waals surface area contributed by atoms with Crippen LogP contribution in [0.5, 0.6) is 5.75 Å². The fraction of sp³-hybridized carbons (Fsp3) is 0.500. The smallest absolute Gasteiger partial charge is 0.134 e. The number of nitrogens with two attached hydrogens (primary N) is 1. The van der Waals surface area contributed by atoms with E-state index in [0.29, 0.717) is 5.56 Å². The maximum atomic E-state index is 8.82. The molecule has 18 heavy (non-hydrogen) atoms. The third kappa shape index (κ3) is 3.24. The lowest BCUT2D eigenvalue weighted by Crippen LogP contribution is -2.37. The van der Waals surface area contributed by atoms with Crippen LogP contribution >= 0.6 is 15.9 Å². The molecule has 2 N–H and O–H groups in total. The van der Waals surface area contributed by atoms with E-state index in [1.54, 1.807) is 12.1 Å². The van der Waals surface area contributed by atoms with Gasteiger partial charge in [-0.15, -0.1) is 0 Å². The van der Waals surface area contributed by atoms with E-state index in [2.05, 4.69) is 22.0 Å². The maximum absolute atomic E-state index is 8.82. The zero-order chi connectivity index (χ0) is 13.0. The number of rotatable bonds is 2. The average Bonchev–Trinajstić information content (AvgIpc) is 2.57. The second-order valence-electron chi connectivity index (χ2n) is 4.72. The van der Waals surface area contributed by atoms with Gasteiger partial charge in [-0.05, 0) is 53.4 Å². The molecule has 1 aromatic carbocycles. The van der Waals surface area contributed by atoms with Crippen molar-refractivity contribution in [3.8, 4) is 11.8 Å². The van der Waals surface area contributed by atoms with Gasteiger partial charge in [-0.2, -0.15) is 5.26 Å². The Kier molecular flexibility index (Phi) is 4.62. The van der Waals surface area contributed by atoms with E-state index < -0.39 is 0 Å². The minimum absolute atomic E-state index is 0.0803. The fourth-order valence-corrected chi connectivity index (χ4v) is 2.75. The van der Waals surface area contributed by atoms with Gasteiger partial charge >= 0.3 is 0 Å². The molecule has 3 nitrogen and oxygen atoms in total. The summed E-state index contributed by atoms with van der Waals surface area (Å²) in [5.41, 5.74) is 6.76. The number of ether oxygens (including phenoxy) is 1. The van der Waals surface area contributed by atoms with E-state index in [1.807, 2.05) is 6.07 Å². The highest BCUT2D eigenvalue weighted by Crippen LogP contribution is 2.29. The first-order valence-corrected chi connectivity index (χ1v) is 7.12. The molecule has 1 saturated carbocycles. The number of hydrogen-bond donors (Lipinski definition) is 1. The van der Waals surface area contributed by atoms with E-state index in [-0.39, 0.29) is 12.1 Å². The van der Waals surface area contributed by atoms with Gasteiger partial charge in [0, 0.05) is 6.04 Å². The summed E-state index contributed by atoms with van der Waals surface area (Å²) >= 11 is 3.44. The molecule has 96 valence electrons. The largest absolute Gasteiger partial charge is 0.488 e. The quantitative estimate of drug-likeness (QED) is 0.852. The van der Waals surface area contributed by atoms with E-state index >= 15 is 0 Å². The lowest BCUT2D eigenvalue weighted by Gasteiger charge is -2.23. The molecule has 0 spiro atoms. The molecule has 1 aromatic rings. The molecule has 2 unspecified atom stereocenters. The Morgan fingerprint density at radius 2 is 2.06 bits per heavy atom. The minimum Gasteiger partial charge on any atom is -0.488 e. The molecule has 0 bridgehead atoms. The highest BCUT2D eigenvalue weighted by molar-refractivity contribution is 9.10. The molecule has 0 aromatic heterocycles. The Morgan fingerprint density at radius 1 is 1.28 bits per heavy atom. The van der Waals surface area contributed by atoms with Gasteiger partial charge in [0.1, 0.15) is 11.9 Å². The zero-order valence-corrected chi connectivity index (χ0v) is 11.8. The van der Waals surface area contributed by atoms with Gasteiger partial charge in [0.25, 0.3) is 0 Å². The van der Waals surface area contributed by atoms with Crippen LogP contribution in [0.25, 0.3) is 0 Å². The summed E-state index contributed by atoms with van der Waals surface area (Å²) in [7, 11) is 0. The predicted octanol–water partition coefficient (Wildman–Crippen LogP) is 3.36. The third-order valence-corrected chi connectivity index (χ3v) is 3.96. The van der Waals surface area contributed by atoms with Crippen molar-refractivity contribution < 1.29 is 4.74 Å². The van der Waals surface area contributed by atoms with E-state index in [9.17, 15) is 0 Å². The highest BCUT2D eigenvalue weighted by Gasteiger charge is 2.22. The van der Waals surface area contributed by atoms with Crippen molar-refractivity contribution in [2.24, 2.45) is 5.73 Å². The molecule has 0 amide bonds. The Labute approximate surface area is 116 Å². The summed E-state index contributed by atoms with van der Waals surface area (Å²) in [5, 5.41) is 8.82. The summed E-state index contributed by atoms with van der Waals surface area (Å²) < 4.78 is 6.81. The van der Waals surface area contributed by atoms with Crippen molar-refractivity contribution in [1.82, 2.24) is 0 Å². The molecule has 0 aliphatic heterocycles. The van der Waals surface area contributed by atoms with E-state index in [1.165, 1.54) is 19.3 Å². The van der Waals surface area contributed by atoms with Crippen LogP contribution in [0.2, 0.25) is 0 Å². The molecule has 1 aliphatic carbocycles. The second-order valence-corrected chi connectivity index (χ2v) is 5.57. The van der Waals surface area contributed by atoms with Gasteiger partial charge in [0.05, 0.1) is 16.1 Å². The lowest BCUT2D eigenvalue weighted by molar-refractivity contribution is 0.161. The third-order valence-electron chi connectivity index (χ3n) is 3.34. The molecule has 0 radical (unpaired) electrons. The Hall–Kier alpha value is -1.05. The summed E-state index contributed by atoms with van der Waals surface area (Å²) in [6.07, 6.45) is 5.72. The Bertz CT molecular complexity index is 456. The van der Waals surface area contributed by atoms with Gasteiger partial charge in [-0.3, -0.25) is 0 Å². The average molecular weight is 309 g/mol. The van der Waals surface area contributed by atoms with Crippen molar-refractivity contribution >= 4 is 15.9 Å². The van der Waals surface area contributed by atoms with Crippen molar-refractivity contribution in [1.29, 1.82) is 5.26 Å². The normalized spacial score (nSPS) is 24.1. The van der Waals surface area contributed by atoms with Crippen LogP contribution in [-0.2, 0) is 0 Å². The lowest BCUT2D eigenvalue weighted by atomic mass is 10.1. The highest BCUT2D eigenvalue weighted by atomic mass is 79.9. The molecule has 2 atom stereocenters. The first-order valence-electron chi connectivity index (χ1n) is 6.32. The van der Waals surface area contributed by atoms with Crippen molar-refractivity contribution in [2.75, 3.05) is 0 Å². The molecule has 0 saturated heterocycles. The molecule has 4 heteroatoms. The summed E-state index contributed by atoms with van der Waals surface area (Å²) in [6.45, 7) is 0. The number of nitrogens with zero attached hydrogens (tertiary/aromatic N) is 1. The molecular formula is C14H17BrN2O. The van der Waals surface area contributed by atoms with Crippen molar-refractivity contribution in [3.05, 3.63) is 28.2 Å². The molecule has 1 fully saturated rings. The van der Waals surface area contributed by atoms with Crippen LogP contribution in [0.3, 0.4) is 0 Å². The molecule has 0 heterocycles. The Balaban J connectivity index is 2.10. The summed E-state index contributed by atoms with van der Waals surface area (Å²) in [4.78, 5) is 0. The van der Waals surface area contributed by atoms with Crippen molar-refractivity contribution in [2.45, 2.75) is 44.2 Å². The second kappa shape index (κ2) is 6.21. The predicted molar refractivity (Wildman–Crippen MR) is 74.3 cm³/mol. The van der Waals surface area contributed by atoms with Gasteiger partial charge in [-0.1, -0.05) is 12.8 Å². The van der Waals surface area contributed by atoms with E-state index in [0.717, 1.165) is 23.1 Å². The zero-order valence-electron chi connectivity index (χ0n) is 10.2. The van der Waals surface area contributed by atoms with Gasteiger partial charge in [-0.25, -0.2) is 0 Å². The van der Waals surface area contributed by atoms with Crippen LogP contribution in [0.4, 0.5) is 0 Å². The van der Waals surface area contributed by atoms with Gasteiger partial charge < -0.3 is 10.5 Å². The van der Waals surface area contributed by atoms with Crippen LogP contribution in [-0.4, -0.2) is 12.1 Å². The standard InChI is InChI=1S/C14H17BrN2O/c15-11-8-10(9-16)6-7-13(11)18-14-5-3-1-2-4-12(14)17/h6-8,12,14H,1-5,17H2. The number of nitriles is 1. The maximum Gasteiger partial charge on any atom is 0.134 e. The molecular weight excluding hydrogens is 292 g/mol.